The number of aliphatic carboxylic acids is 1. The molecule has 40 heavy (non-hydrogen) atoms. The lowest BCUT2D eigenvalue weighted by Crippen LogP contribution is -2.41. The molecule has 0 spiro atoms. The average molecular weight is 556 g/mol. The van der Waals surface area contributed by atoms with Gasteiger partial charge in [0.15, 0.2) is 17.0 Å². The summed E-state index contributed by atoms with van der Waals surface area (Å²) in [6.45, 7) is 10.0. The first-order chi connectivity index (χ1) is 19.5. The second-order valence-electron chi connectivity index (χ2n) is 9.99. The molecule has 0 amide bonds. The first-order valence-corrected chi connectivity index (χ1v) is 14.0. The number of aryl methyl sites for hydroxylation is 1. The molecule has 1 fully saturated rings. The van der Waals surface area contributed by atoms with Gasteiger partial charge in [0.2, 0.25) is 0 Å². The molecule has 2 aromatic heterocycles. The zero-order valence-corrected chi connectivity index (χ0v) is 23.5. The number of carboxylic acid groups (broad SMARTS) is 1. The van der Waals surface area contributed by atoms with Crippen LogP contribution in [0.25, 0.3) is 11.2 Å². The van der Waals surface area contributed by atoms with E-state index in [1.165, 1.54) is 0 Å². The van der Waals surface area contributed by atoms with Crippen molar-refractivity contribution in [2.45, 2.75) is 45.7 Å². The van der Waals surface area contributed by atoms with E-state index in [2.05, 4.69) is 37.7 Å². The zero-order chi connectivity index (χ0) is 28.3. The molecule has 12 nitrogen and oxygen atoms in total. The maximum atomic E-state index is 11.2. The van der Waals surface area contributed by atoms with Crippen LogP contribution in [-0.2, 0) is 29.0 Å². The summed E-state index contributed by atoms with van der Waals surface area (Å²) < 4.78 is 18.7. The van der Waals surface area contributed by atoms with Crippen LogP contribution in [0.2, 0.25) is 0 Å². The van der Waals surface area contributed by atoms with Crippen molar-refractivity contribution in [1.82, 2.24) is 29.3 Å². The second-order valence-corrected chi connectivity index (χ2v) is 9.99. The highest BCUT2D eigenvalue weighted by atomic mass is 16.5. The minimum Gasteiger partial charge on any atom is -0.481 e. The van der Waals surface area contributed by atoms with Gasteiger partial charge in [-0.3, -0.25) is 19.2 Å². The topological polar surface area (TPSA) is 141 Å². The van der Waals surface area contributed by atoms with E-state index in [0.29, 0.717) is 30.3 Å². The number of nitrogens with two attached hydrogens (primary N) is 1. The predicted octanol–water partition coefficient (Wildman–Crippen LogP) is 2.45. The SMILES string of the molecule is CCCCOc1nc(N)c2nc(OC)n(CCCN(CCN3CCOCC3)Cc3cccc(CC(=O)O)c3)c2n1. The van der Waals surface area contributed by atoms with Gasteiger partial charge in [-0.05, 0) is 24.0 Å². The van der Waals surface area contributed by atoms with Gasteiger partial charge in [0.25, 0.3) is 6.01 Å². The molecular formula is C28H41N7O5. The number of anilines is 1. The van der Waals surface area contributed by atoms with Crippen molar-refractivity contribution < 1.29 is 24.1 Å². The molecule has 1 aliphatic heterocycles. The van der Waals surface area contributed by atoms with Crippen LogP contribution in [0.4, 0.5) is 5.82 Å². The molecule has 0 aliphatic carbocycles. The molecule has 3 N–H and O–H groups in total. The monoisotopic (exact) mass is 555 g/mol. The zero-order valence-electron chi connectivity index (χ0n) is 23.5. The lowest BCUT2D eigenvalue weighted by atomic mass is 10.1. The van der Waals surface area contributed by atoms with Crippen molar-refractivity contribution in [3.8, 4) is 12.0 Å². The van der Waals surface area contributed by atoms with Gasteiger partial charge < -0.3 is 25.1 Å². The first-order valence-electron chi connectivity index (χ1n) is 14.0. The normalized spacial score (nSPS) is 14.2. The van der Waals surface area contributed by atoms with Gasteiger partial charge in [-0.1, -0.05) is 37.6 Å². The van der Waals surface area contributed by atoms with Gasteiger partial charge in [0.05, 0.1) is 33.4 Å². The van der Waals surface area contributed by atoms with E-state index in [1.807, 2.05) is 22.8 Å². The van der Waals surface area contributed by atoms with E-state index in [0.717, 1.165) is 82.9 Å². The molecule has 4 rings (SSSR count). The number of nitrogen functional groups attached to an aromatic ring is 1. The molecule has 3 aromatic rings. The molecule has 3 heterocycles. The Bertz CT molecular complexity index is 1250. The van der Waals surface area contributed by atoms with E-state index < -0.39 is 5.97 Å². The van der Waals surface area contributed by atoms with Crippen LogP contribution >= 0.6 is 0 Å². The van der Waals surface area contributed by atoms with Gasteiger partial charge in [0.1, 0.15) is 0 Å². The highest BCUT2D eigenvalue weighted by molar-refractivity contribution is 5.83. The van der Waals surface area contributed by atoms with Crippen LogP contribution in [0, 0.1) is 0 Å². The number of morpholine rings is 1. The van der Waals surface area contributed by atoms with Crippen LogP contribution in [0.15, 0.2) is 24.3 Å². The minimum absolute atomic E-state index is 0.0181. The number of rotatable bonds is 16. The van der Waals surface area contributed by atoms with E-state index in [1.54, 1.807) is 7.11 Å². The molecule has 0 radical (unpaired) electrons. The Morgan fingerprint density at radius 2 is 1.93 bits per heavy atom. The standard InChI is InChI=1S/C28H41N7O5/c1-3-4-15-40-27-31-25(29)24-26(32-27)35(28(30-24)38-2)10-6-9-34(12-11-33-13-16-39-17-14-33)20-22-8-5-7-21(18-22)19-23(36)37/h5,7-8,18H,3-4,6,9-17,19-20H2,1-2H3,(H,36,37)(H2,29,31,32). The Balaban J connectivity index is 1.47. The van der Waals surface area contributed by atoms with E-state index >= 15 is 0 Å². The van der Waals surface area contributed by atoms with E-state index in [4.69, 9.17) is 19.9 Å². The van der Waals surface area contributed by atoms with E-state index in [9.17, 15) is 9.90 Å². The summed E-state index contributed by atoms with van der Waals surface area (Å²) in [5.74, 6) is -0.562. The number of unbranched alkanes of at least 4 members (excludes halogenated alkanes) is 1. The quantitative estimate of drug-likeness (QED) is 0.252. The van der Waals surface area contributed by atoms with Gasteiger partial charge >= 0.3 is 12.0 Å². The molecule has 218 valence electrons. The number of hydrogen-bond donors (Lipinski definition) is 2. The van der Waals surface area contributed by atoms with Crippen LogP contribution in [0.5, 0.6) is 12.0 Å². The average Bonchev–Trinajstić information content (AvgIpc) is 3.30. The summed E-state index contributed by atoms with van der Waals surface area (Å²) in [5.41, 5.74) is 9.19. The summed E-state index contributed by atoms with van der Waals surface area (Å²) in [7, 11) is 1.58. The molecule has 12 heteroatoms. The van der Waals surface area contributed by atoms with Crippen molar-refractivity contribution in [3.05, 3.63) is 35.4 Å². The Labute approximate surface area is 235 Å². The lowest BCUT2D eigenvalue weighted by molar-refractivity contribution is -0.136. The molecule has 0 saturated carbocycles. The summed E-state index contributed by atoms with van der Waals surface area (Å²) in [5, 5.41) is 9.21. The minimum atomic E-state index is -0.828. The summed E-state index contributed by atoms with van der Waals surface area (Å²) in [6.07, 6.45) is 2.75. The van der Waals surface area contributed by atoms with Crippen LogP contribution in [0.1, 0.15) is 37.3 Å². The predicted molar refractivity (Wildman–Crippen MR) is 152 cm³/mol. The fourth-order valence-electron chi connectivity index (χ4n) is 4.81. The second kappa shape index (κ2) is 14.8. The molecule has 0 bridgehead atoms. The molecule has 1 saturated heterocycles. The third-order valence-electron chi connectivity index (χ3n) is 6.92. The van der Waals surface area contributed by atoms with Crippen LogP contribution < -0.4 is 15.2 Å². The number of aromatic nitrogens is 4. The third-order valence-corrected chi connectivity index (χ3v) is 6.92. The number of carbonyl (C=O) groups is 1. The smallest absolute Gasteiger partial charge is 0.320 e. The highest BCUT2D eigenvalue weighted by Gasteiger charge is 2.19. The Morgan fingerprint density at radius 3 is 2.67 bits per heavy atom. The summed E-state index contributed by atoms with van der Waals surface area (Å²) in [4.78, 5) is 29.4. The summed E-state index contributed by atoms with van der Waals surface area (Å²) >= 11 is 0. The molecule has 1 aliphatic rings. The number of benzene rings is 1. The number of fused-ring (bicyclic) bond motifs is 1. The number of hydrogen-bond acceptors (Lipinski definition) is 10. The van der Waals surface area contributed by atoms with Crippen LogP contribution in [-0.4, -0.2) is 100 Å². The first kappa shape index (κ1) is 29.5. The lowest BCUT2D eigenvalue weighted by Gasteiger charge is -2.30. The maximum absolute atomic E-state index is 11.2. The number of ether oxygens (including phenoxy) is 3. The number of nitrogens with zero attached hydrogens (tertiary/aromatic N) is 6. The molecular weight excluding hydrogens is 514 g/mol. The fourth-order valence-corrected chi connectivity index (χ4v) is 4.81. The van der Waals surface area contributed by atoms with Crippen molar-refractivity contribution in [2.75, 3.05) is 65.4 Å². The largest absolute Gasteiger partial charge is 0.481 e. The number of imidazole rings is 1. The Kier molecular flexibility index (Phi) is 10.9. The number of methoxy groups -OCH3 is 1. The third kappa shape index (κ3) is 8.26. The molecule has 0 unspecified atom stereocenters. The van der Waals surface area contributed by atoms with E-state index in [-0.39, 0.29) is 18.2 Å². The van der Waals surface area contributed by atoms with Crippen molar-refractivity contribution in [2.24, 2.45) is 0 Å². The Hall–Kier alpha value is -3.48. The van der Waals surface area contributed by atoms with Crippen molar-refractivity contribution in [1.29, 1.82) is 0 Å². The van der Waals surface area contributed by atoms with Gasteiger partial charge in [-0.15, -0.1) is 0 Å². The number of carboxylic acids is 1. The molecule has 1 aromatic carbocycles. The highest BCUT2D eigenvalue weighted by Crippen LogP contribution is 2.26. The summed E-state index contributed by atoms with van der Waals surface area (Å²) in [6, 6.07) is 8.51. The van der Waals surface area contributed by atoms with Crippen molar-refractivity contribution >= 4 is 23.0 Å². The fraction of sp³-hybridized carbons (Fsp3) is 0.571. The van der Waals surface area contributed by atoms with Crippen molar-refractivity contribution in [3.63, 3.8) is 0 Å². The van der Waals surface area contributed by atoms with Gasteiger partial charge in [-0.2, -0.15) is 15.0 Å². The Morgan fingerprint density at radius 1 is 1.12 bits per heavy atom. The molecule has 0 atom stereocenters. The van der Waals surface area contributed by atoms with Gasteiger partial charge in [-0.25, -0.2) is 0 Å². The van der Waals surface area contributed by atoms with Crippen LogP contribution in [0.3, 0.4) is 0 Å². The maximum Gasteiger partial charge on any atom is 0.320 e. The van der Waals surface area contributed by atoms with Gasteiger partial charge in [0, 0.05) is 45.8 Å².